The maximum atomic E-state index is 6.80. The van der Waals surface area contributed by atoms with Crippen molar-refractivity contribution in [3.8, 4) is 0 Å². The Bertz CT molecular complexity index is 147. The van der Waals surface area contributed by atoms with E-state index < -0.39 is 0 Å². The molecular weight excluding hydrogens is 146 g/mol. The van der Waals surface area contributed by atoms with Gasteiger partial charge in [0.2, 0.25) is 5.13 Å². The van der Waals surface area contributed by atoms with Crippen molar-refractivity contribution < 1.29 is 0 Å². The molecule has 0 aliphatic carbocycles. The molecule has 2 radical (unpaired) electrons. The Labute approximate surface area is 57.1 Å². The highest BCUT2D eigenvalue weighted by atomic mass is 35.5. The summed E-state index contributed by atoms with van der Waals surface area (Å²) in [6, 6.07) is 0. The summed E-state index contributed by atoms with van der Waals surface area (Å²) < 4.78 is 0. The van der Waals surface area contributed by atoms with Crippen molar-refractivity contribution >= 4 is 34.7 Å². The van der Waals surface area contributed by atoms with Crippen molar-refractivity contribution in [2.45, 2.75) is 0 Å². The first-order valence-electron chi connectivity index (χ1n) is 1.68. The third-order valence-electron chi connectivity index (χ3n) is 0.504. The van der Waals surface area contributed by atoms with Crippen molar-refractivity contribution in [2.24, 2.45) is 0 Å². The topological polar surface area (TPSA) is 60.5 Å². The van der Waals surface area contributed by atoms with E-state index in [9.17, 15) is 0 Å². The number of nitrogens with zero attached hydrogens (tertiary/aromatic N) is 1. The number of nitrogens with one attached hydrogen (secondary N) is 2. The number of halogens is 1. The molecule has 1 heterocycles. The van der Waals surface area contributed by atoms with E-state index in [1.807, 2.05) is 0 Å². The minimum Gasteiger partial charge on any atom is -0.282 e. The quantitative estimate of drug-likeness (QED) is 0.550. The molecule has 0 aromatic carbocycles. The molecule has 3 nitrogen and oxygen atoms in total. The molecule has 0 fully saturated rings. The van der Waals surface area contributed by atoms with Gasteiger partial charge in [-0.05, 0) is 0 Å². The average molecular weight is 150 g/mol. The zero-order valence-corrected chi connectivity index (χ0v) is 5.47. The third-order valence-corrected chi connectivity index (χ3v) is 1.16. The number of rotatable bonds is 0. The zero-order chi connectivity index (χ0) is 5.28. The highest BCUT2D eigenvalue weighted by Gasteiger charge is 1.89. The average Bonchev–Trinajstić information content (AvgIpc) is 1.87. The van der Waals surface area contributed by atoms with Gasteiger partial charge in [0.1, 0.15) is 0 Å². The van der Waals surface area contributed by atoms with Gasteiger partial charge in [0.05, 0.1) is 0 Å². The van der Waals surface area contributed by atoms with E-state index in [1.165, 1.54) is 16.7 Å². The van der Waals surface area contributed by atoms with E-state index >= 15 is 0 Å². The van der Waals surface area contributed by atoms with E-state index in [0.717, 1.165) is 0 Å². The largest absolute Gasteiger partial charge is 0.282 e. The van der Waals surface area contributed by atoms with Crippen molar-refractivity contribution in [3.05, 3.63) is 5.38 Å². The smallest absolute Gasteiger partial charge is 0.203 e. The molecule has 0 saturated heterocycles. The molecule has 0 unspecified atom stereocenters. The minimum atomic E-state index is 0. The minimum absolute atomic E-state index is 0. The molecular formula is C3H4ClN3S. The van der Waals surface area contributed by atoms with Gasteiger partial charge in [-0.3, -0.25) is 11.5 Å². The van der Waals surface area contributed by atoms with Crippen LogP contribution in [0.2, 0.25) is 0 Å². The van der Waals surface area contributed by atoms with Crippen molar-refractivity contribution in [1.29, 1.82) is 0 Å². The van der Waals surface area contributed by atoms with Gasteiger partial charge in [-0.1, -0.05) is 0 Å². The Hall–Kier alpha value is -0.480. The first kappa shape index (κ1) is 7.52. The van der Waals surface area contributed by atoms with Crippen molar-refractivity contribution in [1.82, 2.24) is 16.5 Å². The van der Waals surface area contributed by atoms with Gasteiger partial charge in [-0.25, -0.2) is 0 Å². The van der Waals surface area contributed by atoms with Gasteiger partial charge >= 0.3 is 0 Å². The van der Waals surface area contributed by atoms with Gasteiger partial charge in [0.15, 0.2) is 5.82 Å². The van der Waals surface area contributed by atoms with Crippen LogP contribution in [0.5, 0.6) is 0 Å². The maximum absolute atomic E-state index is 6.80. The van der Waals surface area contributed by atoms with Gasteiger partial charge in [0.25, 0.3) is 0 Å². The molecule has 0 bridgehead atoms. The first-order valence-corrected chi connectivity index (χ1v) is 2.56. The van der Waals surface area contributed by atoms with Crippen molar-refractivity contribution in [3.63, 3.8) is 0 Å². The van der Waals surface area contributed by atoms with Gasteiger partial charge in [-0.15, -0.1) is 23.7 Å². The summed E-state index contributed by atoms with van der Waals surface area (Å²) in [5, 5.41) is 1.74. The second-order valence-electron chi connectivity index (χ2n) is 1.04. The highest BCUT2D eigenvalue weighted by Crippen LogP contribution is 2.13. The highest BCUT2D eigenvalue weighted by molar-refractivity contribution is 7.13. The van der Waals surface area contributed by atoms with E-state index in [2.05, 4.69) is 4.98 Å². The summed E-state index contributed by atoms with van der Waals surface area (Å²) in [5.41, 5.74) is 13.6. The predicted molar refractivity (Wildman–Crippen MR) is 34.9 cm³/mol. The van der Waals surface area contributed by atoms with Crippen LogP contribution in [-0.2, 0) is 0 Å². The molecule has 0 aliphatic rings. The Balaban J connectivity index is 0.000000490. The molecule has 2 N–H and O–H groups in total. The van der Waals surface area contributed by atoms with Gasteiger partial charge < -0.3 is 0 Å². The van der Waals surface area contributed by atoms with Gasteiger partial charge in [0, 0.05) is 5.38 Å². The Morgan fingerprint density at radius 1 is 1.50 bits per heavy atom. The Kier molecular flexibility index (Phi) is 2.57. The molecule has 8 heavy (non-hydrogen) atoms. The van der Waals surface area contributed by atoms with E-state index in [-0.39, 0.29) is 23.4 Å². The normalized spacial score (nSPS) is 8.00. The van der Waals surface area contributed by atoms with E-state index in [0.29, 0.717) is 0 Å². The van der Waals surface area contributed by atoms with Crippen LogP contribution < -0.4 is 11.5 Å². The Morgan fingerprint density at radius 3 is 2.25 bits per heavy atom. The van der Waals surface area contributed by atoms with E-state index in [1.54, 1.807) is 0 Å². The summed E-state index contributed by atoms with van der Waals surface area (Å²) in [6.07, 6.45) is 0. The molecule has 1 aromatic rings. The Morgan fingerprint density at radius 2 is 2.12 bits per heavy atom. The lowest BCUT2D eigenvalue weighted by Crippen LogP contribution is -1.64. The summed E-state index contributed by atoms with van der Waals surface area (Å²) >= 11 is 1.17. The van der Waals surface area contributed by atoms with Gasteiger partial charge in [-0.2, -0.15) is 4.98 Å². The fourth-order valence-corrected chi connectivity index (χ4v) is 0.701. The molecule has 0 saturated carbocycles. The lowest BCUT2D eigenvalue weighted by Gasteiger charge is -1.69. The summed E-state index contributed by atoms with van der Waals surface area (Å²) in [6.45, 7) is 0. The van der Waals surface area contributed by atoms with Crippen LogP contribution in [0, 0.1) is 0 Å². The van der Waals surface area contributed by atoms with E-state index in [4.69, 9.17) is 11.5 Å². The maximum Gasteiger partial charge on any atom is 0.203 e. The zero-order valence-electron chi connectivity index (χ0n) is 3.84. The molecule has 44 valence electrons. The van der Waals surface area contributed by atoms with Crippen molar-refractivity contribution in [2.75, 3.05) is 0 Å². The summed E-state index contributed by atoms with van der Waals surface area (Å²) in [5.74, 6) is 0.190. The summed E-state index contributed by atoms with van der Waals surface area (Å²) in [7, 11) is 0. The van der Waals surface area contributed by atoms with Crippen LogP contribution in [0.1, 0.15) is 0 Å². The lowest BCUT2D eigenvalue weighted by atomic mass is 10.8. The first-order chi connectivity index (χ1) is 3.29. The molecule has 0 amide bonds. The predicted octanol–water partition coefficient (Wildman–Crippen LogP) is 1.39. The molecule has 0 atom stereocenters. The lowest BCUT2D eigenvalue weighted by molar-refractivity contribution is 1.28. The monoisotopic (exact) mass is 149 g/mol. The fourth-order valence-electron chi connectivity index (χ4n) is 0.274. The second-order valence-corrected chi connectivity index (χ2v) is 1.90. The molecule has 5 heteroatoms. The third kappa shape index (κ3) is 1.55. The van der Waals surface area contributed by atoms with Crippen LogP contribution in [0.4, 0.5) is 10.9 Å². The van der Waals surface area contributed by atoms with Crippen LogP contribution in [0.25, 0.3) is 0 Å². The van der Waals surface area contributed by atoms with Crippen LogP contribution in [0.3, 0.4) is 0 Å². The number of hydrogen-bond acceptors (Lipinski definition) is 2. The molecule has 1 rings (SSSR count). The number of thiazole rings is 1. The van der Waals surface area contributed by atoms with Crippen LogP contribution in [-0.4, -0.2) is 4.98 Å². The fraction of sp³-hybridized carbons (Fsp3) is 0. The second kappa shape index (κ2) is 2.74. The summed E-state index contributed by atoms with van der Waals surface area (Å²) in [4.78, 5) is 3.46. The molecule has 0 aliphatic heterocycles. The number of aromatic nitrogens is 1. The standard InChI is InChI=1S/C3H3N3S.ClH/c4-2-1-7-3(5)6-2;/h1,4-5H;1H. The molecule has 0 spiro atoms. The molecule has 1 aromatic heterocycles. The SMILES string of the molecule is Cl.[NH]c1csc([NH])n1. The van der Waals surface area contributed by atoms with Crippen LogP contribution >= 0.6 is 23.7 Å². The number of hydrogen-bond donors (Lipinski definition) is 0. The van der Waals surface area contributed by atoms with Crippen LogP contribution in [0.15, 0.2) is 5.38 Å².